The Morgan fingerprint density at radius 2 is 1.79 bits per heavy atom. The van der Waals surface area contributed by atoms with Gasteiger partial charge in [0.1, 0.15) is 0 Å². The second kappa shape index (κ2) is 4.29. The fourth-order valence-corrected chi connectivity index (χ4v) is 1.62. The maximum absolute atomic E-state index is 11.8. The summed E-state index contributed by atoms with van der Waals surface area (Å²) in [6, 6.07) is 14.2. The van der Waals surface area contributed by atoms with Crippen molar-refractivity contribution in [3.8, 4) is 0 Å². The Morgan fingerprint density at radius 1 is 1.00 bits per heavy atom. The molecule has 2 aromatic carbocycles. The van der Waals surface area contributed by atoms with Crippen LogP contribution in [0.2, 0.25) is 0 Å². The van der Waals surface area contributed by atoms with E-state index in [1.54, 1.807) is 6.08 Å². The van der Waals surface area contributed by atoms with E-state index in [0.717, 1.165) is 5.56 Å². The van der Waals surface area contributed by atoms with Gasteiger partial charge in [-0.15, -0.1) is 0 Å². The number of rotatable bonds is 2. The van der Waals surface area contributed by atoms with Crippen molar-refractivity contribution in [1.29, 1.82) is 0 Å². The SMILES string of the molecule is FS/C=C/c1ccc2ccccc2c1. The summed E-state index contributed by atoms with van der Waals surface area (Å²) in [6.45, 7) is 0. The number of hydrogen-bond acceptors (Lipinski definition) is 1. The molecule has 14 heavy (non-hydrogen) atoms. The first-order chi connectivity index (χ1) is 6.90. The van der Waals surface area contributed by atoms with Crippen LogP contribution in [0, 0.1) is 0 Å². The molecule has 0 aliphatic heterocycles. The van der Waals surface area contributed by atoms with Crippen molar-refractivity contribution in [2.45, 2.75) is 0 Å². The molecule has 0 N–H and O–H groups in total. The normalized spacial score (nSPS) is 11.2. The van der Waals surface area contributed by atoms with E-state index in [0.29, 0.717) is 0 Å². The maximum Gasteiger partial charge on any atom is 0.0732 e. The molecule has 0 unspecified atom stereocenters. The highest BCUT2D eigenvalue weighted by molar-refractivity contribution is 7.97. The summed E-state index contributed by atoms with van der Waals surface area (Å²) in [5.41, 5.74) is 1.02. The molecule has 0 aliphatic carbocycles. The molecule has 0 saturated carbocycles. The molecule has 2 rings (SSSR count). The monoisotopic (exact) mass is 204 g/mol. The lowest BCUT2D eigenvalue weighted by Gasteiger charge is -1.98. The molecule has 0 fully saturated rings. The molecular formula is C12H9FS. The van der Waals surface area contributed by atoms with Crippen molar-refractivity contribution in [2.75, 3.05) is 0 Å². The highest BCUT2D eigenvalue weighted by Gasteiger charge is 1.92. The van der Waals surface area contributed by atoms with Crippen LogP contribution in [0.3, 0.4) is 0 Å². The van der Waals surface area contributed by atoms with E-state index in [1.807, 2.05) is 30.3 Å². The zero-order valence-corrected chi connectivity index (χ0v) is 8.30. The minimum absolute atomic E-state index is 0.221. The fourth-order valence-electron chi connectivity index (χ4n) is 1.42. The Kier molecular flexibility index (Phi) is 2.84. The first-order valence-corrected chi connectivity index (χ1v) is 5.11. The zero-order chi connectivity index (χ0) is 9.80. The lowest BCUT2D eigenvalue weighted by molar-refractivity contribution is 0.947. The molecule has 0 spiro atoms. The molecule has 0 saturated heterocycles. The number of fused-ring (bicyclic) bond motifs is 1. The van der Waals surface area contributed by atoms with Crippen LogP contribution in [0.15, 0.2) is 47.9 Å². The van der Waals surface area contributed by atoms with E-state index >= 15 is 0 Å². The molecule has 0 radical (unpaired) electrons. The molecule has 0 amide bonds. The van der Waals surface area contributed by atoms with E-state index in [4.69, 9.17) is 0 Å². The summed E-state index contributed by atoms with van der Waals surface area (Å²) in [7, 11) is 0. The van der Waals surface area contributed by atoms with Gasteiger partial charge >= 0.3 is 0 Å². The summed E-state index contributed by atoms with van der Waals surface area (Å²) >= 11 is 0.221. The van der Waals surface area contributed by atoms with Gasteiger partial charge in [0.05, 0.1) is 12.1 Å². The van der Waals surface area contributed by atoms with Gasteiger partial charge in [-0.25, -0.2) is 0 Å². The predicted octanol–water partition coefficient (Wildman–Crippen LogP) is 4.43. The van der Waals surface area contributed by atoms with Crippen LogP contribution >= 0.6 is 12.1 Å². The van der Waals surface area contributed by atoms with Crippen molar-refractivity contribution in [3.05, 3.63) is 53.4 Å². The van der Waals surface area contributed by atoms with Crippen LogP contribution in [-0.2, 0) is 0 Å². The minimum Gasteiger partial charge on any atom is -0.160 e. The minimum atomic E-state index is 0.221. The van der Waals surface area contributed by atoms with Gasteiger partial charge in [-0.05, 0) is 28.5 Å². The lowest BCUT2D eigenvalue weighted by Crippen LogP contribution is -1.74. The summed E-state index contributed by atoms with van der Waals surface area (Å²) in [5.74, 6) is 0. The van der Waals surface area contributed by atoms with E-state index in [-0.39, 0.29) is 12.1 Å². The Morgan fingerprint density at radius 3 is 2.57 bits per heavy atom. The average molecular weight is 204 g/mol. The summed E-state index contributed by atoms with van der Waals surface area (Å²) in [5, 5.41) is 3.82. The number of benzene rings is 2. The molecule has 0 heterocycles. The molecule has 0 bridgehead atoms. The third-order valence-electron chi connectivity index (χ3n) is 2.09. The number of hydrogen-bond donors (Lipinski definition) is 0. The van der Waals surface area contributed by atoms with E-state index in [9.17, 15) is 3.89 Å². The van der Waals surface area contributed by atoms with E-state index in [1.165, 1.54) is 16.2 Å². The first kappa shape index (κ1) is 9.28. The third kappa shape index (κ3) is 1.96. The van der Waals surface area contributed by atoms with Crippen molar-refractivity contribution in [2.24, 2.45) is 0 Å². The van der Waals surface area contributed by atoms with Crippen molar-refractivity contribution >= 4 is 29.0 Å². The second-order valence-electron chi connectivity index (χ2n) is 3.00. The van der Waals surface area contributed by atoms with Crippen LogP contribution in [0.4, 0.5) is 3.89 Å². The maximum atomic E-state index is 11.8. The molecule has 2 heteroatoms. The average Bonchev–Trinajstić information content (AvgIpc) is 2.26. The van der Waals surface area contributed by atoms with E-state index in [2.05, 4.69) is 12.1 Å². The quantitative estimate of drug-likeness (QED) is 0.697. The van der Waals surface area contributed by atoms with Crippen LogP contribution in [-0.4, -0.2) is 0 Å². The van der Waals surface area contributed by atoms with Gasteiger partial charge in [0.25, 0.3) is 0 Å². The Balaban J connectivity index is 2.46. The van der Waals surface area contributed by atoms with Gasteiger partial charge in [0.2, 0.25) is 0 Å². The largest absolute Gasteiger partial charge is 0.160 e. The lowest BCUT2D eigenvalue weighted by atomic mass is 10.1. The molecule has 2 aromatic rings. The third-order valence-corrected chi connectivity index (χ3v) is 2.32. The van der Waals surface area contributed by atoms with Crippen LogP contribution in [0.25, 0.3) is 16.8 Å². The van der Waals surface area contributed by atoms with Crippen LogP contribution in [0.1, 0.15) is 5.56 Å². The fraction of sp³-hybridized carbons (Fsp3) is 0. The van der Waals surface area contributed by atoms with Gasteiger partial charge in [-0.2, -0.15) is 3.89 Å². The van der Waals surface area contributed by atoms with Gasteiger partial charge in [-0.3, -0.25) is 0 Å². The molecule has 70 valence electrons. The van der Waals surface area contributed by atoms with Crippen molar-refractivity contribution in [3.63, 3.8) is 0 Å². The van der Waals surface area contributed by atoms with E-state index < -0.39 is 0 Å². The van der Waals surface area contributed by atoms with Crippen molar-refractivity contribution < 1.29 is 3.89 Å². The zero-order valence-electron chi connectivity index (χ0n) is 7.48. The van der Waals surface area contributed by atoms with Crippen LogP contribution in [0.5, 0.6) is 0 Å². The smallest absolute Gasteiger partial charge is 0.0732 e. The van der Waals surface area contributed by atoms with Gasteiger partial charge in [0, 0.05) is 5.41 Å². The van der Waals surface area contributed by atoms with Gasteiger partial charge in [0.15, 0.2) is 0 Å². The Hall–Kier alpha value is -1.28. The summed E-state index contributed by atoms with van der Waals surface area (Å²) in [4.78, 5) is 0. The predicted molar refractivity (Wildman–Crippen MR) is 61.7 cm³/mol. The van der Waals surface area contributed by atoms with Gasteiger partial charge < -0.3 is 0 Å². The topological polar surface area (TPSA) is 0 Å². The standard InChI is InChI=1S/C12H9FS/c13-14-8-7-10-5-6-11-3-1-2-4-12(11)9-10/h1-9H/b8-7+. The highest BCUT2D eigenvalue weighted by Crippen LogP contribution is 2.17. The van der Waals surface area contributed by atoms with Gasteiger partial charge in [-0.1, -0.05) is 36.4 Å². The molecule has 0 atom stereocenters. The molecule has 0 aliphatic rings. The van der Waals surface area contributed by atoms with Crippen molar-refractivity contribution in [1.82, 2.24) is 0 Å². The Bertz CT molecular complexity index is 463. The first-order valence-electron chi connectivity index (χ1n) is 4.33. The summed E-state index contributed by atoms with van der Waals surface area (Å²) < 4.78 is 11.8. The van der Waals surface area contributed by atoms with Crippen LogP contribution < -0.4 is 0 Å². The highest BCUT2D eigenvalue weighted by atomic mass is 32.2. The Labute approximate surface area is 86.7 Å². The summed E-state index contributed by atoms with van der Waals surface area (Å²) in [6.07, 6.45) is 1.76. The second-order valence-corrected chi connectivity index (χ2v) is 3.45. The molecule has 0 aromatic heterocycles. The molecular weight excluding hydrogens is 195 g/mol. The number of halogens is 1. The molecule has 0 nitrogen and oxygen atoms in total.